The molecule has 20 heavy (non-hydrogen) atoms. The van der Waals surface area contributed by atoms with Gasteiger partial charge in [0.15, 0.2) is 9.84 Å². The van der Waals surface area contributed by atoms with Crippen LogP contribution in [0.25, 0.3) is 0 Å². The third-order valence-electron chi connectivity index (χ3n) is 3.56. The normalized spacial score (nSPS) is 14.1. The zero-order chi connectivity index (χ0) is 15.6. The van der Waals surface area contributed by atoms with E-state index in [4.69, 9.17) is 4.74 Å². The zero-order valence-corrected chi connectivity index (χ0v) is 14.9. The van der Waals surface area contributed by atoms with Crippen molar-refractivity contribution >= 4 is 25.8 Å². The van der Waals surface area contributed by atoms with Crippen LogP contribution in [-0.2, 0) is 9.84 Å². The number of ether oxygens (including phenoxy) is 1. The fourth-order valence-electron chi connectivity index (χ4n) is 2.08. The van der Waals surface area contributed by atoms with Crippen LogP contribution < -0.4 is 10.1 Å². The first-order valence-corrected chi connectivity index (χ1v) is 9.10. The molecule has 0 aliphatic carbocycles. The number of hydrogen-bond donors (Lipinski definition) is 1. The third-order valence-corrected chi connectivity index (χ3v) is 6.20. The molecule has 0 amide bonds. The molecule has 1 aromatic carbocycles. The van der Waals surface area contributed by atoms with E-state index in [2.05, 4.69) is 21.2 Å². The van der Waals surface area contributed by atoms with Gasteiger partial charge in [-0.15, -0.1) is 0 Å². The van der Waals surface area contributed by atoms with Gasteiger partial charge in [0, 0.05) is 16.3 Å². The molecule has 1 rings (SSSR count). The van der Waals surface area contributed by atoms with Crippen molar-refractivity contribution in [2.45, 2.75) is 31.6 Å². The molecule has 4 nitrogen and oxygen atoms in total. The molecule has 1 atom stereocenters. The fraction of sp³-hybridized carbons (Fsp3) is 0.571. The number of hydrogen-bond acceptors (Lipinski definition) is 4. The summed E-state index contributed by atoms with van der Waals surface area (Å²) in [5.74, 6) is 0.677. The lowest BCUT2D eigenvalue weighted by Gasteiger charge is -2.34. The number of sulfone groups is 1. The predicted octanol–water partition coefficient (Wildman–Crippen LogP) is 2.93. The molecule has 0 bridgehead atoms. The van der Waals surface area contributed by atoms with Gasteiger partial charge in [0.25, 0.3) is 0 Å². The number of benzene rings is 1. The summed E-state index contributed by atoms with van der Waals surface area (Å²) in [5, 5.41) is 3.27. The first-order chi connectivity index (χ1) is 9.15. The summed E-state index contributed by atoms with van der Waals surface area (Å²) in [4.78, 5) is 0. The first kappa shape index (κ1) is 17.5. The summed E-state index contributed by atoms with van der Waals surface area (Å²) < 4.78 is 29.6. The van der Waals surface area contributed by atoms with Crippen molar-refractivity contribution in [3.05, 3.63) is 28.2 Å². The van der Waals surface area contributed by atoms with Gasteiger partial charge in [-0.05, 0) is 38.6 Å². The summed E-state index contributed by atoms with van der Waals surface area (Å²) >= 11 is 3.43. The Morgan fingerprint density at radius 1 is 1.40 bits per heavy atom. The Morgan fingerprint density at radius 3 is 2.45 bits per heavy atom. The number of rotatable bonds is 6. The van der Waals surface area contributed by atoms with E-state index in [0.29, 0.717) is 12.3 Å². The zero-order valence-electron chi connectivity index (χ0n) is 12.5. The Kier molecular flexibility index (Phi) is 5.63. The van der Waals surface area contributed by atoms with Crippen molar-refractivity contribution in [3.8, 4) is 5.75 Å². The maximum absolute atomic E-state index is 12.1. The molecule has 1 N–H and O–H groups in total. The Labute approximate surface area is 130 Å². The van der Waals surface area contributed by atoms with Crippen molar-refractivity contribution in [1.29, 1.82) is 0 Å². The Bertz CT molecular complexity index is 570. The quantitative estimate of drug-likeness (QED) is 0.843. The van der Waals surface area contributed by atoms with E-state index in [1.165, 1.54) is 6.26 Å². The molecular weight excluding hydrogens is 342 g/mol. The molecule has 1 aromatic rings. The Hall–Kier alpha value is -0.590. The summed E-state index contributed by atoms with van der Waals surface area (Å²) in [5.41, 5.74) is 0.833. The highest BCUT2D eigenvalue weighted by molar-refractivity contribution is 9.10. The molecule has 0 heterocycles. The first-order valence-electron chi connectivity index (χ1n) is 6.41. The maximum atomic E-state index is 12.1. The highest BCUT2D eigenvalue weighted by Gasteiger charge is 2.40. The van der Waals surface area contributed by atoms with Crippen molar-refractivity contribution in [1.82, 2.24) is 5.32 Å². The van der Waals surface area contributed by atoms with Crippen LogP contribution in [-0.4, -0.2) is 33.1 Å². The van der Waals surface area contributed by atoms with E-state index in [-0.39, 0.29) is 6.04 Å². The van der Waals surface area contributed by atoms with Gasteiger partial charge >= 0.3 is 0 Å². The summed E-state index contributed by atoms with van der Waals surface area (Å²) in [6.07, 6.45) is 1.27. The molecule has 0 aromatic heterocycles. The van der Waals surface area contributed by atoms with Gasteiger partial charge in [0.05, 0.1) is 17.9 Å². The summed E-state index contributed by atoms with van der Waals surface area (Å²) in [6, 6.07) is 5.26. The average molecular weight is 364 g/mol. The third kappa shape index (κ3) is 3.54. The molecule has 0 saturated heterocycles. The largest absolute Gasteiger partial charge is 0.496 e. The topological polar surface area (TPSA) is 55.4 Å². The molecular formula is C14H22BrNO3S. The minimum Gasteiger partial charge on any atom is -0.496 e. The van der Waals surface area contributed by atoms with E-state index in [0.717, 1.165) is 10.0 Å². The second-order valence-corrected chi connectivity index (χ2v) is 8.76. The van der Waals surface area contributed by atoms with E-state index < -0.39 is 14.6 Å². The van der Waals surface area contributed by atoms with E-state index >= 15 is 0 Å². The van der Waals surface area contributed by atoms with Crippen molar-refractivity contribution in [2.75, 3.05) is 19.9 Å². The monoisotopic (exact) mass is 363 g/mol. The van der Waals surface area contributed by atoms with Gasteiger partial charge in [-0.3, -0.25) is 0 Å². The molecule has 0 spiro atoms. The number of methoxy groups -OCH3 is 1. The predicted molar refractivity (Wildman–Crippen MR) is 86.0 cm³/mol. The highest BCUT2D eigenvalue weighted by Crippen LogP contribution is 2.38. The minimum atomic E-state index is -3.24. The molecule has 0 saturated carbocycles. The van der Waals surface area contributed by atoms with E-state index in [1.807, 2.05) is 25.1 Å². The highest BCUT2D eigenvalue weighted by atomic mass is 79.9. The maximum Gasteiger partial charge on any atom is 0.154 e. The average Bonchev–Trinajstić information content (AvgIpc) is 2.34. The van der Waals surface area contributed by atoms with Crippen LogP contribution in [0.3, 0.4) is 0 Å². The van der Waals surface area contributed by atoms with Gasteiger partial charge in [0.2, 0.25) is 0 Å². The number of nitrogens with one attached hydrogen (secondary N) is 1. The van der Waals surface area contributed by atoms with Gasteiger partial charge in [0.1, 0.15) is 5.75 Å². The van der Waals surface area contributed by atoms with Gasteiger partial charge < -0.3 is 10.1 Å². The Balaban J connectivity index is 3.45. The second-order valence-electron chi connectivity index (χ2n) is 5.25. The minimum absolute atomic E-state index is 0.352. The molecule has 6 heteroatoms. The lowest BCUT2D eigenvalue weighted by atomic mass is 9.94. The van der Waals surface area contributed by atoms with Crippen molar-refractivity contribution < 1.29 is 13.2 Å². The van der Waals surface area contributed by atoms with E-state index in [1.54, 1.807) is 21.0 Å². The lowest BCUT2D eigenvalue weighted by molar-refractivity contribution is 0.379. The summed E-state index contributed by atoms with van der Waals surface area (Å²) in [6.45, 7) is 6.08. The van der Waals surface area contributed by atoms with Crippen LogP contribution >= 0.6 is 15.9 Å². The van der Waals surface area contributed by atoms with Gasteiger partial charge in [-0.2, -0.15) is 0 Å². The standard InChI is InChI=1S/C14H22BrNO3S/c1-6-16-13(14(2,3)20(5,17)18)11-9-10(15)7-8-12(11)19-4/h7-9,13,16H,6H2,1-5H3. The van der Waals surface area contributed by atoms with Crippen molar-refractivity contribution in [2.24, 2.45) is 0 Å². The SMILES string of the molecule is CCNC(c1cc(Br)ccc1OC)C(C)(C)S(C)(=O)=O. The van der Waals surface area contributed by atoms with Crippen LogP contribution in [0.4, 0.5) is 0 Å². The van der Waals surface area contributed by atoms with Gasteiger partial charge in [-0.1, -0.05) is 22.9 Å². The second kappa shape index (κ2) is 6.45. The summed E-state index contributed by atoms with van der Waals surface area (Å²) in [7, 11) is -1.66. The molecule has 0 aliphatic heterocycles. The Morgan fingerprint density at radius 2 is 2.00 bits per heavy atom. The van der Waals surface area contributed by atoms with E-state index in [9.17, 15) is 8.42 Å². The van der Waals surface area contributed by atoms with Crippen molar-refractivity contribution in [3.63, 3.8) is 0 Å². The van der Waals surface area contributed by atoms with Crippen LogP contribution in [0.15, 0.2) is 22.7 Å². The molecule has 0 aliphatic rings. The molecule has 114 valence electrons. The smallest absolute Gasteiger partial charge is 0.154 e. The number of halogens is 1. The van der Waals surface area contributed by atoms with Crippen LogP contribution in [0.2, 0.25) is 0 Å². The van der Waals surface area contributed by atoms with Gasteiger partial charge in [-0.25, -0.2) is 8.42 Å². The fourth-order valence-corrected chi connectivity index (χ4v) is 3.10. The van der Waals surface area contributed by atoms with Crippen LogP contribution in [0.1, 0.15) is 32.4 Å². The van der Waals surface area contributed by atoms with Crippen LogP contribution in [0, 0.1) is 0 Å². The molecule has 0 fully saturated rings. The molecule has 1 unspecified atom stereocenters. The van der Waals surface area contributed by atoms with Crippen LogP contribution in [0.5, 0.6) is 5.75 Å². The molecule has 0 radical (unpaired) electrons. The lowest BCUT2D eigenvalue weighted by Crippen LogP contribution is -2.45.